The predicted octanol–water partition coefficient (Wildman–Crippen LogP) is 0.936. The summed E-state index contributed by atoms with van der Waals surface area (Å²) < 4.78 is 0. The fraction of sp³-hybridized carbons (Fsp3) is 0.846. The fourth-order valence-corrected chi connectivity index (χ4v) is 3.41. The molecule has 3 rings (SSSR count). The van der Waals surface area contributed by atoms with Crippen molar-refractivity contribution < 1.29 is 0 Å². The van der Waals surface area contributed by atoms with Crippen LogP contribution in [0.15, 0.2) is 11.6 Å². The quantitative estimate of drug-likeness (QED) is 0.645. The first-order valence-corrected chi connectivity index (χ1v) is 6.75. The maximum atomic E-state index is 3.71. The van der Waals surface area contributed by atoms with E-state index in [1.54, 1.807) is 5.57 Å². The molecule has 16 heavy (non-hydrogen) atoms. The van der Waals surface area contributed by atoms with Crippen LogP contribution in [0.4, 0.5) is 0 Å². The van der Waals surface area contributed by atoms with E-state index in [2.05, 4.69) is 28.5 Å². The van der Waals surface area contributed by atoms with Gasteiger partial charge in [0, 0.05) is 32.2 Å². The van der Waals surface area contributed by atoms with E-state index in [9.17, 15) is 0 Å². The zero-order valence-corrected chi connectivity index (χ0v) is 10.2. The van der Waals surface area contributed by atoms with E-state index in [1.807, 2.05) is 0 Å². The maximum absolute atomic E-state index is 3.71. The van der Waals surface area contributed by atoms with Crippen LogP contribution in [0.1, 0.15) is 26.2 Å². The molecule has 90 valence electrons. The van der Waals surface area contributed by atoms with Crippen molar-refractivity contribution >= 4 is 0 Å². The van der Waals surface area contributed by atoms with E-state index in [-0.39, 0.29) is 0 Å². The number of fused-ring (bicyclic) bond motifs is 1. The molecule has 2 saturated heterocycles. The zero-order chi connectivity index (χ0) is 11.0. The van der Waals surface area contributed by atoms with Crippen LogP contribution in [0.2, 0.25) is 0 Å². The summed E-state index contributed by atoms with van der Waals surface area (Å²) in [4.78, 5) is 2.69. The van der Waals surface area contributed by atoms with Crippen molar-refractivity contribution in [2.75, 3.05) is 26.2 Å². The molecule has 0 spiro atoms. The number of piperidine rings is 1. The highest BCUT2D eigenvalue weighted by Crippen LogP contribution is 2.27. The van der Waals surface area contributed by atoms with Gasteiger partial charge in [-0.15, -0.1) is 0 Å². The van der Waals surface area contributed by atoms with Crippen molar-refractivity contribution in [3.05, 3.63) is 11.6 Å². The van der Waals surface area contributed by atoms with Gasteiger partial charge in [-0.1, -0.05) is 19.4 Å². The van der Waals surface area contributed by atoms with Crippen molar-refractivity contribution in [2.24, 2.45) is 5.92 Å². The second-order valence-corrected chi connectivity index (χ2v) is 5.55. The minimum atomic E-state index is 0.528. The Hall–Kier alpha value is -0.380. The van der Waals surface area contributed by atoms with Crippen molar-refractivity contribution in [2.45, 2.75) is 38.4 Å². The molecule has 0 saturated carbocycles. The Morgan fingerprint density at radius 3 is 3.12 bits per heavy atom. The predicted molar refractivity (Wildman–Crippen MR) is 66.3 cm³/mol. The van der Waals surface area contributed by atoms with E-state index < -0.39 is 0 Å². The molecule has 0 aromatic carbocycles. The highest BCUT2D eigenvalue weighted by Gasteiger charge is 2.36. The van der Waals surface area contributed by atoms with Crippen LogP contribution in [0, 0.1) is 5.92 Å². The van der Waals surface area contributed by atoms with Gasteiger partial charge in [-0.2, -0.15) is 0 Å². The van der Waals surface area contributed by atoms with E-state index >= 15 is 0 Å². The van der Waals surface area contributed by atoms with Gasteiger partial charge in [-0.05, 0) is 24.3 Å². The van der Waals surface area contributed by atoms with Crippen LogP contribution in [0.5, 0.6) is 0 Å². The summed E-state index contributed by atoms with van der Waals surface area (Å²) in [6.45, 7) is 6.99. The van der Waals surface area contributed by atoms with Crippen LogP contribution in [-0.4, -0.2) is 43.3 Å². The van der Waals surface area contributed by atoms with Gasteiger partial charge in [0.15, 0.2) is 0 Å². The Labute approximate surface area is 98.3 Å². The van der Waals surface area contributed by atoms with E-state index in [4.69, 9.17) is 0 Å². The summed E-state index contributed by atoms with van der Waals surface area (Å²) >= 11 is 0. The normalized spacial score (nSPS) is 40.6. The lowest BCUT2D eigenvalue weighted by molar-refractivity contribution is 0.162. The Morgan fingerprint density at radius 2 is 2.25 bits per heavy atom. The van der Waals surface area contributed by atoms with Gasteiger partial charge in [0.2, 0.25) is 0 Å². The summed E-state index contributed by atoms with van der Waals surface area (Å²) in [7, 11) is 0. The molecule has 3 aliphatic heterocycles. The van der Waals surface area contributed by atoms with Crippen LogP contribution < -0.4 is 10.6 Å². The molecule has 0 amide bonds. The van der Waals surface area contributed by atoms with E-state index in [0.29, 0.717) is 12.1 Å². The second-order valence-electron chi connectivity index (χ2n) is 5.55. The third-order valence-electron chi connectivity index (χ3n) is 4.20. The number of hydrogen-bond acceptors (Lipinski definition) is 3. The summed E-state index contributed by atoms with van der Waals surface area (Å²) in [5.74, 6) is 0.689. The van der Waals surface area contributed by atoms with Crippen LogP contribution >= 0.6 is 0 Å². The topological polar surface area (TPSA) is 27.3 Å². The number of rotatable bonds is 1. The first-order chi connectivity index (χ1) is 7.84. The third-order valence-corrected chi connectivity index (χ3v) is 4.20. The molecule has 0 bridgehead atoms. The Balaban J connectivity index is 1.74. The molecule has 2 fully saturated rings. The Bertz CT molecular complexity index is 287. The molecule has 2 unspecified atom stereocenters. The molecule has 3 aliphatic rings. The number of hydrogen-bond donors (Lipinski definition) is 2. The molecule has 3 atom stereocenters. The standard InChI is InChI=1S/C13H23N3/c1-10-6-11(8-14-7-10)13-15-9-12-4-2-3-5-16(12)13/h6,10,12-15H,2-5,7-9H2,1H3/t10-,12?,13?/m1/s1. The molecule has 0 aromatic rings. The average molecular weight is 221 g/mol. The first kappa shape index (κ1) is 10.8. The minimum absolute atomic E-state index is 0.528. The van der Waals surface area contributed by atoms with E-state index in [0.717, 1.165) is 19.1 Å². The van der Waals surface area contributed by atoms with Crippen molar-refractivity contribution in [1.29, 1.82) is 0 Å². The smallest absolute Gasteiger partial charge is 0.0835 e. The minimum Gasteiger partial charge on any atom is -0.312 e. The van der Waals surface area contributed by atoms with Gasteiger partial charge >= 0.3 is 0 Å². The van der Waals surface area contributed by atoms with Crippen molar-refractivity contribution in [3.63, 3.8) is 0 Å². The highest BCUT2D eigenvalue weighted by atomic mass is 15.4. The number of nitrogens with zero attached hydrogens (tertiary/aromatic N) is 1. The molecule has 3 heteroatoms. The molecule has 3 nitrogen and oxygen atoms in total. The molecular formula is C13H23N3. The molecular weight excluding hydrogens is 198 g/mol. The van der Waals surface area contributed by atoms with Crippen LogP contribution in [0.3, 0.4) is 0 Å². The van der Waals surface area contributed by atoms with Gasteiger partial charge in [0.25, 0.3) is 0 Å². The monoisotopic (exact) mass is 221 g/mol. The zero-order valence-electron chi connectivity index (χ0n) is 10.2. The van der Waals surface area contributed by atoms with Crippen LogP contribution in [0.25, 0.3) is 0 Å². The van der Waals surface area contributed by atoms with Crippen molar-refractivity contribution in [3.8, 4) is 0 Å². The number of nitrogens with one attached hydrogen (secondary N) is 2. The van der Waals surface area contributed by atoms with Crippen LogP contribution in [-0.2, 0) is 0 Å². The molecule has 2 N–H and O–H groups in total. The van der Waals surface area contributed by atoms with Crippen molar-refractivity contribution in [1.82, 2.24) is 15.5 Å². The molecule has 0 aromatic heterocycles. The van der Waals surface area contributed by atoms with Gasteiger partial charge in [-0.3, -0.25) is 10.2 Å². The lowest BCUT2D eigenvalue weighted by Crippen LogP contribution is -2.46. The summed E-state index contributed by atoms with van der Waals surface area (Å²) in [5, 5.41) is 7.23. The largest absolute Gasteiger partial charge is 0.312 e. The lowest BCUT2D eigenvalue weighted by atomic mass is 9.99. The summed E-state index contributed by atoms with van der Waals surface area (Å²) in [6.07, 6.45) is 7.19. The third kappa shape index (κ3) is 1.92. The van der Waals surface area contributed by atoms with E-state index in [1.165, 1.54) is 32.4 Å². The Morgan fingerprint density at radius 1 is 1.31 bits per heavy atom. The average Bonchev–Trinajstić information content (AvgIpc) is 2.72. The SMILES string of the molecule is C[C@@H]1C=C(C2NCC3CCCCN32)CNC1. The van der Waals surface area contributed by atoms with Gasteiger partial charge in [-0.25, -0.2) is 0 Å². The summed E-state index contributed by atoms with van der Waals surface area (Å²) in [6, 6.07) is 0.803. The summed E-state index contributed by atoms with van der Waals surface area (Å²) in [5.41, 5.74) is 1.57. The van der Waals surface area contributed by atoms with Gasteiger partial charge in [0.05, 0.1) is 6.17 Å². The fourth-order valence-electron chi connectivity index (χ4n) is 3.41. The van der Waals surface area contributed by atoms with Gasteiger partial charge < -0.3 is 5.32 Å². The first-order valence-electron chi connectivity index (χ1n) is 6.75. The molecule has 0 radical (unpaired) electrons. The van der Waals surface area contributed by atoms with Gasteiger partial charge in [0.1, 0.15) is 0 Å². The second kappa shape index (κ2) is 4.47. The Kier molecular flexibility index (Phi) is 3.01. The maximum Gasteiger partial charge on any atom is 0.0835 e. The molecule has 3 heterocycles. The lowest BCUT2D eigenvalue weighted by Gasteiger charge is -2.35. The highest BCUT2D eigenvalue weighted by molar-refractivity contribution is 5.19. The molecule has 0 aliphatic carbocycles.